The Bertz CT molecular complexity index is 1100. The zero-order valence-corrected chi connectivity index (χ0v) is 20.4. The predicted octanol–water partition coefficient (Wildman–Crippen LogP) is 7.40. The number of unbranched alkanes of at least 4 members (excludes halogenated alkanes) is 3. The van der Waals surface area contributed by atoms with Gasteiger partial charge in [-0.3, -0.25) is 0 Å². The highest BCUT2D eigenvalue weighted by Crippen LogP contribution is 2.24. The zero-order valence-electron chi connectivity index (χ0n) is 20.4. The Morgan fingerprint density at radius 2 is 1.31 bits per heavy atom. The summed E-state index contributed by atoms with van der Waals surface area (Å²) in [5.74, 6) is 0.738. The first-order chi connectivity index (χ1) is 17.0. The molecule has 0 saturated heterocycles. The number of carbonyl (C=O) groups is 2. The van der Waals surface area contributed by atoms with Crippen molar-refractivity contribution in [1.82, 2.24) is 0 Å². The Kier molecular flexibility index (Phi) is 9.67. The summed E-state index contributed by atoms with van der Waals surface area (Å²) in [6.07, 6.45) is 7.18. The number of ether oxygens (including phenoxy) is 3. The first kappa shape index (κ1) is 25.8. The molecule has 0 aliphatic heterocycles. The van der Waals surface area contributed by atoms with Crippen LogP contribution in [0.1, 0.15) is 56.3 Å². The van der Waals surface area contributed by atoms with Crippen LogP contribution in [-0.2, 0) is 4.79 Å². The van der Waals surface area contributed by atoms with Crippen LogP contribution in [0.5, 0.6) is 17.2 Å². The van der Waals surface area contributed by atoms with Gasteiger partial charge >= 0.3 is 11.9 Å². The van der Waals surface area contributed by atoms with Gasteiger partial charge < -0.3 is 14.2 Å². The van der Waals surface area contributed by atoms with Gasteiger partial charge in [0, 0.05) is 6.08 Å². The van der Waals surface area contributed by atoms with Gasteiger partial charge in [0.15, 0.2) is 0 Å². The second kappa shape index (κ2) is 13.1. The van der Waals surface area contributed by atoms with Crippen molar-refractivity contribution >= 4 is 11.9 Å². The second-order valence-corrected chi connectivity index (χ2v) is 8.37. The van der Waals surface area contributed by atoms with E-state index in [1.807, 2.05) is 36.4 Å². The molecule has 0 heterocycles. The van der Waals surface area contributed by atoms with Crippen molar-refractivity contribution in [3.05, 3.63) is 91.0 Å². The van der Waals surface area contributed by atoms with Crippen LogP contribution in [0.2, 0.25) is 0 Å². The number of hydrogen-bond acceptors (Lipinski definition) is 5. The van der Waals surface area contributed by atoms with E-state index in [1.165, 1.54) is 25.7 Å². The molecule has 3 aromatic carbocycles. The van der Waals surface area contributed by atoms with Gasteiger partial charge in [0.1, 0.15) is 17.2 Å². The average molecular weight is 473 g/mol. The van der Waals surface area contributed by atoms with Crippen LogP contribution in [0.25, 0.3) is 11.1 Å². The Morgan fingerprint density at radius 3 is 1.91 bits per heavy atom. The van der Waals surface area contributed by atoms with E-state index in [1.54, 1.807) is 36.4 Å². The van der Waals surface area contributed by atoms with Crippen LogP contribution in [0.3, 0.4) is 0 Å². The predicted molar refractivity (Wildman–Crippen MR) is 138 cm³/mol. The van der Waals surface area contributed by atoms with Gasteiger partial charge in [-0.25, -0.2) is 9.59 Å². The molecular formula is C30H32O5. The van der Waals surface area contributed by atoms with Crippen LogP contribution >= 0.6 is 0 Å². The summed E-state index contributed by atoms with van der Waals surface area (Å²) in [5.41, 5.74) is 2.30. The van der Waals surface area contributed by atoms with Gasteiger partial charge in [0.05, 0.1) is 11.7 Å². The highest BCUT2D eigenvalue weighted by atomic mass is 16.5. The van der Waals surface area contributed by atoms with E-state index in [0.29, 0.717) is 17.1 Å². The summed E-state index contributed by atoms with van der Waals surface area (Å²) in [6.45, 7) is 7.66. The Labute approximate surface area is 207 Å². The normalized spacial score (nSPS) is 11.4. The summed E-state index contributed by atoms with van der Waals surface area (Å²) < 4.78 is 16.6. The summed E-state index contributed by atoms with van der Waals surface area (Å²) in [7, 11) is 0. The molecule has 0 amide bonds. The van der Waals surface area contributed by atoms with Crippen LogP contribution in [-0.4, -0.2) is 18.0 Å². The van der Waals surface area contributed by atoms with Gasteiger partial charge in [-0.05, 0) is 79.4 Å². The minimum atomic E-state index is -0.504. The fraction of sp³-hybridized carbons (Fsp3) is 0.267. The molecule has 182 valence electrons. The zero-order chi connectivity index (χ0) is 25.0. The number of benzene rings is 3. The maximum absolute atomic E-state index is 12.6. The molecule has 0 bridgehead atoms. The topological polar surface area (TPSA) is 61.8 Å². The number of hydrogen-bond donors (Lipinski definition) is 0. The molecule has 3 aromatic rings. The lowest BCUT2D eigenvalue weighted by Crippen LogP contribution is -2.11. The van der Waals surface area contributed by atoms with Crippen molar-refractivity contribution < 1.29 is 23.8 Å². The van der Waals surface area contributed by atoms with E-state index in [4.69, 9.17) is 14.2 Å². The van der Waals surface area contributed by atoms with Crippen LogP contribution in [0.15, 0.2) is 85.5 Å². The lowest BCUT2D eigenvalue weighted by atomic mass is 10.0. The summed E-state index contributed by atoms with van der Waals surface area (Å²) in [5, 5.41) is 0. The molecule has 3 rings (SSSR count). The quantitative estimate of drug-likeness (QED) is 0.119. The standard InChI is InChI=1S/C30H32O5/c1-4-6-7-8-9-22(3)33-26-18-20-28(21-19-26)35-30(32)25-12-10-23(11-13-25)24-14-16-27(17-15-24)34-29(31)5-2/h5,10-22H,2,4,6-9H2,1,3H3/t22-/m0/s1. The van der Waals surface area contributed by atoms with Crippen LogP contribution in [0.4, 0.5) is 0 Å². The largest absolute Gasteiger partial charge is 0.491 e. The molecule has 0 N–H and O–H groups in total. The Morgan fingerprint density at radius 1 is 0.771 bits per heavy atom. The van der Waals surface area contributed by atoms with Crippen molar-refractivity contribution in [2.24, 2.45) is 0 Å². The van der Waals surface area contributed by atoms with E-state index in [0.717, 1.165) is 29.4 Å². The number of carbonyl (C=O) groups excluding carboxylic acids is 2. The molecule has 0 saturated carbocycles. The SMILES string of the molecule is C=CC(=O)Oc1ccc(-c2ccc(C(=O)Oc3ccc(O[C@@H](C)CCCCCC)cc3)cc2)cc1. The smallest absolute Gasteiger partial charge is 0.343 e. The molecule has 5 heteroatoms. The van der Waals surface area contributed by atoms with Gasteiger partial charge in [-0.2, -0.15) is 0 Å². The van der Waals surface area contributed by atoms with E-state index < -0.39 is 11.9 Å². The van der Waals surface area contributed by atoms with E-state index in [9.17, 15) is 9.59 Å². The first-order valence-corrected chi connectivity index (χ1v) is 12.0. The van der Waals surface area contributed by atoms with Crippen LogP contribution < -0.4 is 14.2 Å². The minimum Gasteiger partial charge on any atom is -0.491 e. The maximum atomic E-state index is 12.6. The molecule has 1 atom stereocenters. The van der Waals surface area contributed by atoms with Crippen molar-refractivity contribution in [3.8, 4) is 28.4 Å². The van der Waals surface area contributed by atoms with Gasteiger partial charge in [0.2, 0.25) is 0 Å². The van der Waals surface area contributed by atoms with Gasteiger partial charge in [0.25, 0.3) is 0 Å². The molecular weight excluding hydrogens is 440 g/mol. The van der Waals surface area contributed by atoms with Gasteiger partial charge in [-0.15, -0.1) is 0 Å². The first-order valence-electron chi connectivity index (χ1n) is 12.0. The number of esters is 2. The molecule has 0 aliphatic carbocycles. The molecule has 0 unspecified atom stereocenters. The molecule has 35 heavy (non-hydrogen) atoms. The molecule has 0 radical (unpaired) electrons. The molecule has 0 aromatic heterocycles. The summed E-state index contributed by atoms with van der Waals surface area (Å²) in [6, 6.07) is 21.4. The summed E-state index contributed by atoms with van der Waals surface area (Å²) in [4.78, 5) is 23.9. The lowest BCUT2D eigenvalue weighted by molar-refractivity contribution is -0.128. The Balaban J connectivity index is 1.52. The monoisotopic (exact) mass is 472 g/mol. The fourth-order valence-corrected chi connectivity index (χ4v) is 3.57. The highest BCUT2D eigenvalue weighted by Gasteiger charge is 2.10. The van der Waals surface area contributed by atoms with E-state index in [2.05, 4.69) is 20.4 Å². The molecule has 0 spiro atoms. The number of rotatable bonds is 12. The lowest BCUT2D eigenvalue weighted by Gasteiger charge is -2.15. The molecule has 5 nitrogen and oxygen atoms in total. The van der Waals surface area contributed by atoms with Crippen molar-refractivity contribution in [2.75, 3.05) is 0 Å². The minimum absolute atomic E-state index is 0.150. The van der Waals surface area contributed by atoms with E-state index >= 15 is 0 Å². The Hall–Kier alpha value is -3.86. The third-order valence-electron chi connectivity index (χ3n) is 5.53. The average Bonchev–Trinajstić information content (AvgIpc) is 2.88. The molecule has 0 aliphatic rings. The third kappa shape index (κ3) is 8.14. The molecule has 0 fully saturated rings. The summed E-state index contributed by atoms with van der Waals surface area (Å²) >= 11 is 0. The van der Waals surface area contributed by atoms with Crippen molar-refractivity contribution in [1.29, 1.82) is 0 Å². The van der Waals surface area contributed by atoms with Crippen molar-refractivity contribution in [3.63, 3.8) is 0 Å². The van der Waals surface area contributed by atoms with Gasteiger partial charge in [-0.1, -0.05) is 57.0 Å². The fourth-order valence-electron chi connectivity index (χ4n) is 3.57. The third-order valence-corrected chi connectivity index (χ3v) is 5.53. The second-order valence-electron chi connectivity index (χ2n) is 8.37. The highest BCUT2D eigenvalue weighted by molar-refractivity contribution is 5.91. The van der Waals surface area contributed by atoms with Crippen molar-refractivity contribution in [2.45, 2.75) is 52.1 Å². The maximum Gasteiger partial charge on any atom is 0.343 e. The van der Waals surface area contributed by atoms with E-state index in [-0.39, 0.29) is 6.10 Å². The van der Waals surface area contributed by atoms with Crippen LogP contribution in [0, 0.1) is 0 Å².